The van der Waals surface area contributed by atoms with Crippen LogP contribution in [0.25, 0.3) is 0 Å². The topological polar surface area (TPSA) is 37.8 Å². The van der Waals surface area contributed by atoms with E-state index in [-0.39, 0.29) is 11.6 Å². The van der Waals surface area contributed by atoms with Crippen LogP contribution in [0, 0.1) is 4.77 Å². The Kier molecular flexibility index (Phi) is 2.72. The summed E-state index contributed by atoms with van der Waals surface area (Å²) in [6.45, 7) is 0. The molecule has 88 valence electrons. The molecule has 1 N–H and O–H groups in total. The highest BCUT2D eigenvalue weighted by molar-refractivity contribution is 7.71. The minimum atomic E-state index is -0.132. The van der Waals surface area contributed by atoms with E-state index in [0.29, 0.717) is 4.77 Å². The van der Waals surface area contributed by atoms with Crippen LogP contribution in [-0.4, -0.2) is 9.55 Å². The maximum Gasteiger partial charge on any atom is 0.251 e. The molecule has 1 unspecified atom stereocenters. The SMILES string of the molecule is O=c1ccn(C2CCCc3sccc32)c(=S)[nH]1. The van der Waals surface area contributed by atoms with Gasteiger partial charge in [0.05, 0.1) is 6.04 Å². The van der Waals surface area contributed by atoms with Crippen LogP contribution in [0.4, 0.5) is 0 Å². The van der Waals surface area contributed by atoms with E-state index in [1.807, 2.05) is 15.9 Å². The van der Waals surface area contributed by atoms with Crippen molar-refractivity contribution in [3.05, 3.63) is 49.3 Å². The number of H-pyrrole nitrogens is 1. The number of nitrogens with one attached hydrogen (secondary N) is 1. The van der Waals surface area contributed by atoms with Crippen molar-refractivity contribution < 1.29 is 0 Å². The minimum absolute atomic E-state index is 0.132. The molecule has 0 aliphatic heterocycles. The van der Waals surface area contributed by atoms with E-state index in [2.05, 4.69) is 16.4 Å². The second kappa shape index (κ2) is 4.23. The Morgan fingerprint density at radius 2 is 2.35 bits per heavy atom. The normalized spacial score (nSPS) is 18.9. The zero-order valence-corrected chi connectivity index (χ0v) is 10.8. The van der Waals surface area contributed by atoms with Crippen molar-refractivity contribution in [2.45, 2.75) is 25.3 Å². The van der Waals surface area contributed by atoms with Gasteiger partial charge in [-0.1, -0.05) is 0 Å². The lowest BCUT2D eigenvalue weighted by molar-refractivity contribution is 0.481. The third-order valence-corrected chi connectivity index (χ3v) is 4.52. The number of aromatic amines is 1. The maximum atomic E-state index is 11.2. The molecule has 2 heterocycles. The van der Waals surface area contributed by atoms with Gasteiger partial charge in [0, 0.05) is 17.1 Å². The Balaban J connectivity index is 2.13. The summed E-state index contributed by atoms with van der Waals surface area (Å²) in [6, 6.07) is 4.00. The Hall–Kier alpha value is -1.20. The van der Waals surface area contributed by atoms with Gasteiger partial charge in [0.1, 0.15) is 0 Å². The van der Waals surface area contributed by atoms with Gasteiger partial charge in [0.15, 0.2) is 4.77 Å². The monoisotopic (exact) mass is 264 g/mol. The second-order valence-electron chi connectivity index (χ2n) is 4.22. The lowest BCUT2D eigenvalue weighted by Gasteiger charge is -2.25. The van der Waals surface area contributed by atoms with Gasteiger partial charge in [-0.2, -0.15) is 0 Å². The zero-order valence-electron chi connectivity index (χ0n) is 9.18. The summed E-state index contributed by atoms with van der Waals surface area (Å²) in [5.74, 6) is 0. The van der Waals surface area contributed by atoms with Crippen molar-refractivity contribution in [2.75, 3.05) is 0 Å². The molecule has 3 nitrogen and oxygen atoms in total. The highest BCUT2D eigenvalue weighted by atomic mass is 32.1. The van der Waals surface area contributed by atoms with Gasteiger partial charge < -0.3 is 4.57 Å². The van der Waals surface area contributed by atoms with Crippen molar-refractivity contribution in [3.63, 3.8) is 0 Å². The van der Waals surface area contributed by atoms with E-state index in [1.165, 1.54) is 29.3 Å². The molecule has 3 rings (SSSR count). The fourth-order valence-electron chi connectivity index (χ4n) is 2.42. The third-order valence-electron chi connectivity index (χ3n) is 3.21. The van der Waals surface area contributed by atoms with Crippen LogP contribution in [-0.2, 0) is 6.42 Å². The van der Waals surface area contributed by atoms with Crippen LogP contribution >= 0.6 is 23.6 Å². The highest BCUT2D eigenvalue weighted by Crippen LogP contribution is 2.35. The maximum absolute atomic E-state index is 11.2. The number of rotatable bonds is 1. The lowest BCUT2D eigenvalue weighted by Crippen LogP contribution is -2.19. The first-order valence-electron chi connectivity index (χ1n) is 5.63. The van der Waals surface area contributed by atoms with Gasteiger partial charge in [0.25, 0.3) is 5.56 Å². The molecule has 0 fully saturated rings. The smallest absolute Gasteiger partial charge is 0.251 e. The number of fused-ring (bicyclic) bond motifs is 1. The molecule has 5 heteroatoms. The van der Waals surface area contributed by atoms with Gasteiger partial charge in [-0.15, -0.1) is 11.3 Å². The van der Waals surface area contributed by atoms with Gasteiger partial charge in [-0.3, -0.25) is 9.78 Å². The largest absolute Gasteiger partial charge is 0.318 e. The molecule has 0 amide bonds. The van der Waals surface area contributed by atoms with Gasteiger partial charge in [-0.05, 0) is 48.5 Å². The molecule has 1 aliphatic carbocycles. The first kappa shape index (κ1) is 10.9. The molecule has 1 atom stereocenters. The molecule has 0 saturated heterocycles. The van der Waals surface area contributed by atoms with E-state index < -0.39 is 0 Å². The molecule has 17 heavy (non-hydrogen) atoms. The standard InChI is InChI=1S/C12H12N2OS2/c15-11-4-6-14(12(16)13-11)9-2-1-3-10-8(9)5-7-17-10/h4-7,9H,1-3H2,(H,13,15,16). The van der Waals surface area contributed by atoms with Crippen molar-refractivity contribution in [1.29, 1.82) is 0 Å². The van der Waals surface area contributed by atoms with Gasteiger partial charge in [-0.25, -0.2) is 0 Å². The molecule has 1 aliphatic rings. The average Bonchev–Trinajstić information content (AvgIpc) is 2.77. The van der Waals surface area contributed by atoms with E-state index in [0.717, 1.165) is 6.42 Å². The van der Waals surface area contributed by atoms with Gasteiger partial charge >= 0.3 is 0 Å². The number of hydrogen-bond donors (Lipinski definition) is 1. The van der Waals surface area contributed by atoms with Crippen LogP contribution in [0.5, 0.6) is 0 Å². The summed E-state index contributed by atoms with van der Waals surface area (Å²) in [6.07, 6.45) is 5.24. The zero-order chi connectivity index (χ0) is 11.8. The summed E-state index contributed by atoms with van der Waals surface area (Å²) in [5.41, 5.74) is 1.23. The fraction of sp³-hybridized carbons (Fsp3) is 0.333. The van der Waals surface area contributed by atoms with Crippen molar-refractivity contribution in [3.8, 4) is 0 Å². The summed E-state index contributed by atoms with van der Waals surface area (Å²) in [5, 5.41) is 2.14. The summed E-state index contributed by atoms with van der Waals surface area (Å²) >= 11 is 7.05. The number of hydrogen-bond acceptors (Lipinski definition) is 3. The molecule has 2 aromatic heterocycles. The number of nitrogens with zero attached hydrogens (tertiary/aromatic N) is 1. The Morgan fingerprint density at radius 1 is 1.47 bits per heavy atom. The first-order valence-corrected chi connectivity index (χ1v) is 6.92. The van der Waals surface area contributed by atoms with E-state index >= 15 is 0 Å². The molecule has 0 aromatic carbocycles. The predicted octanol–water partition coefficient (Wildman–Crippen LogP) is 2.89. The average molecular weight is 264 g/mol. The molecule has 0 saturated carbocycles. The van der Waals surface area contributed by atoms with Crippen LogP contribution in [0.2, 0.25) is 0 Å². The summed E-state index contributed by atoms with van der Waals surface area (Å²) in [7, 11) is 0. The van der Waals surface area contributed by atoms with Crippen molar-refractivity contribution in [2.24, 2.45) is 0 Å². The Bertz CT molecular complexity index is 653. The molecular weight excluding hydrogens is 252 g/mol. The van der Waals surface area contributed by atoms with Crippen LogP contribution in [0.3, 0.4) is 0 Å². The predicted molar refractivity (Wildman–Crippen MR) is 71.3 cm³/mol. The number of aryl methyl sites for hydroxylation is 1. The molecule has 0 bridgehead atoms. The molecule has 0 spiro atoms. The van der Waals surface area contributed by atoms with Crippen molar-refractivity contribution >= 4 is 23.6 Å². The first-order chi connectivity index (χ1) is 8.25. The highest BCUT2D eigenvalue weighted by Gasteiger charge is 2.22. The van der Waals surface area contributed by atoms with Gasteiger partial charge in [0.2, 0.25) is 0 Å². The molecule has 2 aromatic rings. The van der Waals surface area contributed by atoms with Crippen LogP contribution < -0.4 is 5.56 Å². The van der Waals surface area contributed by atoms with E-state index in [4.69, 9.17) is 12.2 Å². The third kappa shape index (κ3) is 1.89. The number of aromatic nitrogens is 2. The van der Waals surface area contributed by atoms with Crippen molar-refractivity contribution in [1.82, 2.24) is 9.55 Å². The van der Waals surface area contributed by atoms with E-state index in [1.54, 1.807) is 6.20 Å². The Morgan fingerprint density at radius 3 is 3.18 bits per heavy atom. The van der Waals surface area contributed by atoms with Crippen LogP contribution in [0.15, 0.2) is 28.5 Å². The fourth-order valence-corrected chi connectivity index (χ4v) is 3.69. The minimum Gasteiger partial charge on any atom is -0.318 e. The van der Waals surface area contributed by atoms with E-state index in [9.17, 15) is 4.79 Å². The molecular formula is C12H12N2OS2. The number of thiophene rings is 1. The summed E-state index contributed by atoms with van der Waals surface area (Å²) < 4.78 is 2.52. The van der Waals surface area contributed by atoms with Crippen LogP contribution in [0.1, 0.15) is 29.3 Å². The molecule has 0 radical (unpaired) electrons. The Labute approximate surface area is 108 Å². The summed E-state index contributed by atoms with van der Waals surface area (Å²) in [4.78, 5) is 15.3. The second-order valence-corrected chi connectivity index (χ2v) is 5.61. The lowest BCUT2D eigenvalue weighted by atomic mass is 9.94. The quantitative estimate of drug-likeness (QED) is 0.804.